The van der Waals surface area contributed by atoms with Crippen LogP contribution < -0.4 is 0 Å². The highest BCUT2D eigenvalue weighted by Crippen LogP contribution is 1.83. The largest absolute Gasteiger partial charge is 0.460 e. The number of carbonyl (C=O) groups is 1. The van der Waals surface area contributed by atoms with Crippen molar-refractivity contribution in [2.24, 2.45) is 0 Å². The summed E-state index contributed by atoms with van der Waals surface area (Å²) in [4.78, 5) is 10.3. The Hall–Kier alpha value is -0.830. The smallest absolute Gasteiger partial charge is 0.330 e. The predicted molar refractivity (Wildman–Crippen MR) is 32.8 cm³/mol. The van der Waals surface area contributed by atoms with Gasteiger partial charge in [-0.05, 0) is 6.92 Å². The first-order chi connectivity index (χ1) is 4.16. The van der Waals surface area contributed by atoms with Crippen molar-refractivity contribution < 1.29 is 14.6 Å². The second kappa shape index (κ2) is 4.09. The second-order valence-corrected chi connectivity index (χ2v) is 1.68. The van der Waals surface area contributed by atoms with Gasteiger partial charge < -0.3 is 9.84 Å². The van der Waals surface area contributed by atoms with E-state index in [1.807, 2.05) is 0 Å². The van der Waals surface area contributed by atoms with Crippen molar-refractivity contribution >= 4 is 5.97 Å². The van der Waals surface area contributed by atoms with Crippen molar-refractivity contribution in [3.05, 3.63) is 12.7 Å². The quantitative estimate of drug-likeness (QED) is 0.435. The molecule has 0 fully saturated rings. The topological polar surface area (TPSA) is 46.5 Å². The summed E-state index contributed by atoms with van der Waals surface area (Å²) in [5.41, 5.74) is 0. The molecule has 52 valence electrons. The fourth-order valence-electron chi connectivity index (χ4n) is 0.262. The lowest BCUT2D eigenvalue weighted by Crippen LogP contribution is -2.13. The zero-order chi connectivity index (χ0) is 7.28. The number of hydrogen-bond donors (Lipinski definition) is 1. The summed E-state index contributed by atoms with van der Waals surface area (Å²) in [6.07, 6.45) is 0.455. The summed E-state index contributed by atoms with van der Waals surface area (Å²) < 4.78 is 4.45. The number of carbonyl (C=O) groups excluding carboxylic acids is 1. The van der Waals surface area contributed by atoms with Crippen LogP contribution in [0.15, 0.2) is 12.7 Å². The van der Waals surface area contributed by atoms with Gasteiger partial charge in [0.2, 0.25) is 0 Å². The zero-order valence-electron chi connectivity index (χ0n) is 5.33. The Kier molecular flexibility index (Phi) is 3.71. The van der Waals surface area contributed by atoms with E-state index in [9.17, 15) is 4.79 Å². The summed E-state index contributed by atoms with van der Waals surface area (Å²) in [5.74, 6) is -0.504. The van der Waals surface area contributed by atoms with Crippen molar-refractivity contribution in [3.8, 4) is 0 Å². The third kappa shape index (κ3) is 5.03. The normalized spacial score (nSPS) is 12.2. The lowest BCUT2D eigenvalue weighted by Gasteiger charge is -2.02. The molecule has 9 heavy (non-hydrogen) atoms. The molecule has 0 aromatic carbocycles. The van der Waals surface area contributed by atoms with E-state index in [0.29, 0.717) is 0 Å². The second-order valence-electron chi connectivity index (χ2n) is 1.68. The number of aliphatic hydroxyl groups is 1. The van der Waals surface area contributed by atoms with E-state index in [1.165, 1.54) is 6.92 Å². The molecule has 0 aromatic rings. The highest BCUT2D eigenvalue weighted by atomic mass is 16.5. The van der Waals surface area contributed by atoms with Crippen LogP contribution in [0.3, 0.4) is 0 Å². The van der Waals surface area contributed by atoms with Crippen LogP contribution in [0.5, 0.6) is 0 Å². The van der Waals surface area contributed by atoms with Crippen molar-refractivity contribution in [1.82, 2.24) is 0 Å². The molecular weight excluding hydrogens is 120 g/mol. The van der Waals surface area contributed by atoms with Crippen LogP contribution in [-0.2, 0) is 9.53 Å². The Morgan fingerprint density at radius 3 is 2.89 bits per heavy atom. The Labute approximate surface area is 53.9 Å². The molecule has 0 aromatic heterocycles. The molecule has 0 unspecified atom stereocenters. The van der Waals surface area contributed by atoms with Crippen LogP contribution in [0, 0.1) is 0 Å². The molecule has 1 N–H and O–H groups in total. The van der Waals surface area contributed by atoms with Gasteiger partial charge in [-0.2, -0.15) is 0 Å². The molecule has 3 nitrogen and oxygen atoms in total. The van der Waals surface area contributed by atoms with Gasteiger partial charge in [0.15, 0.2) is 0 Å². The van der Waals surface area contributed by atoms with Crippen molar-refractivity contribution in [2.75, 3.05) is 6.61 Å². The van der Waals surface area contributed by atoms with Crippen molar-refractivity contribution in [2.45, 2.75) is 13.0 Å². The first kappa shape index (κ1) is 8.17. The van der Waals surface area contributed by atoms with Gasteiger partial charge in [0, 0.05) is 6.08 Å². The van der Waals surface area contributed by atoms with Crippen LogP contribution >= 0.6 is 0 Å². The van der Waals surface area contributed by atoms with Gasteiger partial charge in [-0.15, -0.1) is 0 Å². The van der Waals surface area contributed by atoms with Gasteiger partial charge >= 0.3 is 5.97 Å². The van der Waals surface area contributed by atoms with Gasteiger partial charge in [-0.25, -0.2) is 4.79 Å². The van der Waals surface area contributed by atoms with E-state index in [1.54, 1.807) is 0 Å². The average molecular weight is 130 g/mol. The van der Waals surface area contributed by atoms with E-state index in [0.717, 1.165) is 6.08 Å². The fourth-order valence-corrected chi connectivity index (χ4v) is 0.262. The molecule has 0 spiro atoms. The predicted octanol–water partition coefficient (Wildman–Crippen LogP) is 0.0964. The Morgan fingerprint density at radius 2 is 2.56 bits per heavy atom. The standard InChI is InChI=1S/C6H10O3/c1-3-6(8)9-4-5(2)7/h3,5,7H,1,4H2,2H3/t5-/m0/s1. The molecule has 1 atom stereocenters. The van der Waals surface area contributed by atoms with Crippen LogP contribution in [0.25, 0.3) is 0 Å². The van der Waals surface area contributed by atoms with Gasteiger partial charge in [-0.3, -0.25) is 0 Å². The summed E-state index contributed by atoms with van der Waals surface area (Å²) in [6.45, 7) is 4.75. The summed E-state index contributed by atoms with van der Waals surface area (Å²) in [5, 5.41) is 8.59. The number of rotatable bonds is 3. The molecular formula is C6H10O3. The van der Waals surface area contributed by atoms with E-state index in [4.69, 9.17) is 5.11 Å². The van der Waals surface area contributed by atoms with Gasteiger partial charge in [0.25, 0.3) is 0 Å². The first-order valence-corrected chi connectivity index (χ1v) is 2.64. The molecule has 0 heterocycles. The molecule has 0 radical (unpaired) electrons. The Balaban J connectivity index is 3.27. The third-order valence-electron chi connectivity index (χ3n) is 0.633. The van der Waals surface area contributed by atoms with E-state index in [-0.39, 0.29) is 6.61 Å². The number of esters is 1. The minimum Gasteiger partial charge on any atom is -0.460 e. The van der Waals surface area contributed by atoms with Gasteiger partial charge in [-0.1, -0.05) is 6.58 Å². The Bertz CT molecular complexity index is 107. The van der Waals surface area contributed by atoms with Crippen molar-refractivity contribution in [3.63, 3.8) is 0 Å². The van der Waals surface area contributed by atoms with E-state index < -0.39 is 12.1 Å². The lowest BCUT2D eigenvalue weighted by molar-refractivity contribution is -0.140. The van der Waals surface area contributed by atoms with Crippen LogP contribution in [0.2, 0.25) is 0 Å². The summed E-state index contributed by atoms with van der Waals surface area (Å²) in [6, 6.07) is 0. The van der Waals surface area contributed by atoms with Crippen LogP contribution in [-0.4, -0.2) is 23.8 Å². The molecule has 0 rings (SSSR count). The number of hydrogen-bond acceptors (Lipinski definition) is 3. The van der Waals surface area contributed by atoms with E-state index >= 15 is 0 Å². The molecule has 0 bridgehead atoms. The average Bonchev–Trinajstić information content (AvgIpc) is 1.83. The van der Waals surface area contributed by atoms with E-state index in [2.05, 4.69) is 11.3 Å². The first-order valence-electron chi connectivity index (χ1n) is 2.64. The highest BCUT2D eigenvalue weighted by Gasteiger charge is 1.97. The number of aliphatic hydroxyl groups excluding tert-OH is 1. The minimum absolute atomic E-state index is 0.0326. The van der Waals surface area contributed by atoms with Gasteiger partial charge in [0.1, 0.15) is 6.61 Å². The maximum Gasteiger partial charge on any atom is 0.330 e. The van der Waals surface area contributed by atoms with Crippen LogP contribution in [0.1, 0.15) is 6.92 Å². The van der Waals surface area contributed by atoms with Crippen LogP contribution in [0.4, 0.5) is 0 Å². The van der Waals surface area contributed by atoms with Gasteiger partial charge in [0.05, 0.1) is 6.10 Å². The molecule has 0 aliphatic rings. The maximum atomic E-state index is 10.3. The minimum atomic E-state index is -0.603. The number of ether oxygens (including phenoxy) is 1. The maximum absolute atomic E-state index is 10.3. The molecule has 0 saturated carbocycles. The van der Waals surface area contributed by atoms with Crippen molar-refractivity contribution in [1.29, 1.82) is 0 Å². The third-order valence-corrected chi connectivity index (χ3v) is 0.633. The summed E-state index contributed by atoms with van der Waals surface area (Å²) in [7, 11) is 0. The Morgan fingerprint density at radius 1 is 2.00 bits per heavy atom. The zero-order valence-corrected chi connectivity index (χ0v) is 5.33. The SMILES string of the molecule is C=CC(=O)OC[C@H](C)O. The lowest BCUT2D eigenvalue weighted by atomic mass is 10.4. The highest BCUT2D eigenvalue weighted by molar-refractivity contribution is 5.81. The molecule has 0 amide bonds. The molecule has 0 saturated heterocycles. The molecule has 0 aliphatic heterocycles. The molecule has 0 aliphatic carbocycles. The summed E-state index contributed by atoms with van der Waals surface area (Å²) >= 11 is 0. The monoisotopic (exact) mass is 130 g/mol. The molecule has 3 heteroatoms. The fraction of sp³-hybridized carbons (Fsp3) is 0.500.